The predicted octanol–water partition coefficient (Wildman–Crippen LogP) is 3.75. The van der Waals surface area contributed by atoms with Crippen LogP contribution in [0.5, 0.6) is 0 Å². The normalized spacial score (nSPS) is 9.94. The van der Waals surface area contributed by atoms with Crippen molar-refractivity contribution in [2.75, 3.05) is 13.1 Å². The maximum Gasteiger partial charge on any atom is 0.255 e. The number of carbonyl (C=O) groups is 1. The Morgan fingerprint density at radius 1 is 1.62 bits per heavy atom. The van der Waals surface area contributed by atoms with Crippen LogP contribution in [0.4, 0.5) is 0 Å². The first-order valence-electron chi connectivity index (χ1n) is 4.96. The third kappa shape index (κ3) is 2.86. The molecule has 1 rings (SSSR count). The summed E-state index contributed by atoms with van der Waals surface area (Å²) in [7, 11) is 0. The average Bonchev–Trinajstić information content (AvgIpc) is 2.29. The molecule has 0 aliphatic rings. The minimum absolute atomic E-state index is 0.0753. The Kier molecular flexibility index (Phi) is 5.03. The molecular weight excluding hydrogens is 289 g/mol. The molecule has 0 unspecified atom stereocenters. The quantitative estimate of drug-likeness (QED) is 0.776. The van der Waals surface area contributed by atoms with E-state index in [2.05, 4.69) is 22.5 Å². The zero-order chi connectivity index (χ0) is 12.1. The molecule has 0 atom stereocenters. The van der Waals surface area contributed by atoms with Crippen molar-refractivity contribution in [1.29, 1.82) is 0 Å². The van der Waals surface area contributed by atoms with Crippen molar-refractivity contribution in [3.8, 4) is 0 Å². The Morgan fingerprint density at radius 3 is 2.88 bits per heavy atom. The van der Waals surface area contributed by atoms with E-state index in [0.29, 0.717) is 23.7 Å². The molecule has 1 aromatic rings. The summed E-state index contributed by atoms with van der Waals surface area (Å²) >= 11 is 9.37. The molecule has 4 heteroatoms. The summed E-state index contributed by atoms with van der Waals surface area (Å²) in [6, 6.07) is 5.33. The third-order valence-electron chi connectivity index (χ3n) is 2.20. The number of hydrogen-bond donors (Lipinski definition) is 0. The van der Waals surface area contributed by atoms with Gasteiger partial charge in [-0.3, -0.25) is 4.79 Å². The summed E-state index contributed by atoms with van der Waals surface area (Å²) in [5, 5.41) is 0.454. The first-order valence-corrected chi connectivity index (χ1v) is 6.13. The standard InChI is InChI=1S/C12H13BrClNO/c1-3-8-15(4-2)12(16)9-6-5-7-10(13)11(9)14/h3,5-7H,1,4,8H2,2H3. The van der Waals surface area contributed by atoms with Gasteiger partial charge in [-0.25, -0.2) is 0 Å². The number of carbonyl (C=O) groups excluding carboxylic acids is 1. The molecule has 0 spiro atoms. The van der Waals surface area contributed by atoms with Gasteiger partial charge < -0.3 is 4.90 Å². The van der Waals surface area contributed by atoms with Crippen LogP contribution in [-0.4, -0.2) is 23.9 Å². The smallest absolute Gasteiger partial charge is 0.255 e. The highest BCUT2D eigenvalue weighted by atomic mass is 79.9. The molecular formula is C12H13BrClNO. The van der Waals surface area contributed by atoms with Crippen LogP contribution in [0.1, 0.15) is 17.3 Å². The number of halogens is 2. The fourth-order valence-electron chi connectivity index (χ4n) is 1.35. The van der Waals surface area contributed by atoms with Crippen LogP contribution in [-0.2, 0) is 0 Å². The van der Waals surface area contributed by atoms with Crippen molar-refractivity contribution >= 4 is 33.4 Å². The molecule has 0 heterocycles. The van der Waals surface area contributed by atoms with E-state index in [4.69, 9.17) is 11.6 Å². The molecule has 0 saturated heterocycles. The molecule has 0 aliphatic heterocycles. The van der Waals surface area contributed by atoms with E-state index < -0.39 is 0 Å². The van der Waals surface area contributed by atoms with Crippen LogP contribution in [0.2, 0.25) is 5.02 Å². The lowest BCUT2D eigenvalue weighted by Crippen LogP contribution is -2.31. The summed E-state index contributed by atoms with van der Waals surface area (Å²) in [6.07, 6.45) is 1.70. The first kappa shape index (κ1) is 13.3. The number of benzene rings is 1. The van der Waals surface area contributed by atoms with E-state index in [9.17, 15) is 4.79 Å². The average molecular weight is 303 g/mol. The van der Waals surface area contributed by atoms with E-state index >= 15 is 0 Å². The van der Waals surface area contributed by atoms with Gasteiger partial charge in [0.15, 0.2) is 0 Å². The van der Waals surface area contributed by atoms with E-state index in [-0.39, 0.29) is 5.91 Å². The first-order chi connectivity index (χ1) is 7.61. The van der Waals surface area contributed by atoms with Gasteiger partial charge in [0.2, 0.25) is 0 Å². The van der Waals surface area contributed by atoms with Gasteiger partial charge >= 0.3 is 0 Å². The number of hydrogen-bond acceptors (Lipinski definition) is 1. The maximum absolute atomic E-state index is 12.1. The van der Waals surface area contributed by atoms with Crippen LogP contribution in [0.3, 0.4) is 0 Å². The van der Waals surface area contributed by atoms with Crippen LogP contribution < -0.4 is 0 Å². The van der Waals surface area contributed by atoms with Crippen molar-refractivity contribution in [3.05, 3.63) is 45.9 Å². The molecule has 2 nitrogen and oxygen atoms in total. The molecule has 0 fully saturated rings. The van der Waals surface area contributed by atoms with E-state index in [0.717, 1.165) is 4.47 Å². The van der Waals surface area contributed by atoms with Gasteiger partial charge in [-0.2, -0.15) is 0 Å². The largest absolute Gasteiger partial charge is 0.335 e. The molecule has 1 amide bonds. The molecule has 86 valence electrons. The molecule has 0 saturated carbocycles. The van der Waals surface area contributed by atoms with Crippen LogP contribution >= 0.6 is 27.5 Å². The number of rotatable bonds is 4. The van der Waals surface area contributed by atoms with Gasteiger partial charge in [0.1, 0.15) is 0 Å². The highest BCUT2D eigenvalue weighted by Gasteiger charge is 2.16. The van der Waals surface area contributed by atoms with Crippen molar-refractivity contribution in [2.45, 2.75) is 6.92 Å². The highest BCUT2D eigenvalue weighted by Crippen LogP contribution is 2.26. The van der Waals surface area contributed by atoms with Crippen LogP contribution in [0.25, 0.3) is 0 Å². The Labute approximate surface area is 109 Å². The topological polar surface area (TPSA) is 20.3 Å². The molecule has 0 bridgehead atoms. The Hall–Kier alpha value is -0.800. The molecule has 16 heavy (non-hydrogen) atoms. The van der Waals surface area contributed by atoms with Crippen molar-refractivity contribution in [1.82, 2.24) is 4.90 Å². The Bertz CT molecular complexity index is 406. The van der Waals surface area contributed by atoms with Crippen LogP contribution in [0, 0.1) is 0 Å². The zero-order valence-corrected chi connectivity index (χ0v) is 11.4. The van der Waals surface area contributed by atoms with E-state index in [1.807, 2.05) is 13.0 Å². The minimum Gasteiger partial charge on any atom is -0.335 e. The van der Waals surface area contributed by atoms with Gasteiger partial charge in [-0.15, -0.1) is 6.58 Å². The second-order valence-electron chi connectivity index (χ2n) is 3.23. The predicted molar refractivity (Wildman–Crippen MR) is 70.9 cm³/mol. The minimum atomic E-state index is -0.0753. The SMILES string of the molecule is C=CCN(CC)C(=O)c1cccc(Br)c1Cl. The van der Waals surface area contributed by atoms with Crippen molar-refractivity contribution < 1.29 is 4.79 Å². The summed E-state index contributed by atoms with van der Waals surface area (Å²) < 4.78 is 0.731. The van der Waals surface area contributed by atoms with Gasteiger partial charge in [-0.05, 0) is 35.0 Å². The number of likely N-dealkylation sites (N-methyl/N-ethyl adjacent to an activating group) is 1. The maximum atomic E-state index is 12.1. The van der Waals surface area contributed by atoms with Crippen molar-refractivity contribution in [2.24, 2.45) is 0 Å². The third-order valence-corrected chi connectivity index (χ3v) is 3.50. The van der Waals surface area contributed by atoms with Gasteiger partial charge in [0.05, 0.1) is 10.6 Å². The second-order valence-corrected chi connectivity index (χ2v) is 4.47. The summed E-state index contributed by atoms with van der Waals surface area (Å²) in [4.78, 5) is 13.8. The lowest BCUT2D eigenvalue weighted by molar-refractivity contribution is 0.0782. The molecule has 0 aromatic heterocycles. The monoisotopic (exact) mass is 301 g/mol. The fraction of sp³-hybridized carbons (Fsp3) is 0.250. The van der Waals surface area contributed by atoms with Crippen molar-refractivity contribution in [3.63, 3.8) is 0 Å². The number of amides is 1. The van der Waals surface area contributed by atoms with E-state index in [1.54, 1.807) is 23.1 Å². The molecule has 0 radical (unpaired) electrons. The fourth-order valence-corrected chi connectivity index (χ4v) is 1.92. The Morgan fingerprint density at radius 2 is 2.31 bits per heavy atom. The second kappa shape index (κ2) is 6.06. The lowest BCUT2D eigenvalue weighted by atomic mass is 10.2. The van der Waals surface area contributed by atoms with Crippen LogP contribution in [0.15, 0.2) is 35.3 Å². The van der Waals surface area contributed by atoms with Gasteiger partial charge in [0.25, 0.3) is 5.91 Å². The molecule has 1 aromatic carbocycles. The molecule has 0 N–H and O–H groups in total. The summed E-state index contributed by atoms with van der Waals surface area (Å²) in [6.45, 7) is 6.71. The summed E-state index contributed by atoms with van der Waals surface area (Å²) in [5.74, 6) is -0.0753. The van der Waals surface area contributed by atoms with Gasteiger partial charge in [0, 0.05) is 17.6 Å². The lowest BCUT2D eigenvalue weighted by Gasteiger charge is -2.19. The highest BCUT2D eigenvalue weighted by molar-refractivity contribution is 9.10. The number of nitrogens with zero attached hydrogens (tertiary/aromatic N) is 1. The van der Waals surface area contributed by atoms with Gasteiger partial charge in [-0.1, -0.05) is 23.7 Å². The van der Waals surface area contributed by atoms with E-state index in [1.165, 1.54) is 0 Å². The zero-order valence-electron chi connectivity index (χ0n) is 9.04. The Balaban J connectivity index is 3.03. The molecule has 0 aliphatic carbocycles. The summed E-state index contributed by atoms with van der Waals surface area (Å²) in [5.41, 5.74) is 0.514.